The fourth-order valence-electron chi connectivity index (χ4n) is 2.94. The van der Waals surface area contributed by atoms with Gasteiger partial charge in [0.25, 0.3) is 5.91 Å². The zero-order valence-electron chi connectivity index (χ0n) is 13.1. The van der Waals surface area contributed by atoms with Crippen molar-refractivity contribution in [2.45, 2.75) is 6.92 Å². The highest BCUT2D eigenvalue weighted by Crippen LogP contribution is 2.19. The number of carbonyl (C=O) groups is 1. The van der Waals surface area contributed by atoms with Gasteiger partial charge < -0.3 is 10.0 Å². The molecule has 1 N–H and O–H groups in total. The summed E-state index contributed by atoms with van der Waals surface area (Å²) in [7, 11) is 0. The number of hydrogen-bond acceptors (Lipinski definition) is 4. The molecule has 1 aliphatic rings. The van der Waals surface area contributed by atoms with Crippen molar-refractivity contribution in [3.63, 3.8) is 0 Å². The predicted molar refractivity (Wildman–Crippen MR) is 85.9 cm³/mol. The first kappa shape index (κ1) is 15.8. The van der Waals surface area contributed by atoms with Gasteiger partial charge in [0, 0.05) is 44.2 Å². The summed E-state index contributed by atoms with van der Waals surface area (Å²) in [5.74, 6) is -0.367. The van der Waals surface area contributed by atoms with Crippen LogP contribution in [0.3, 0.4) is 0 Å². The first-order valence-corrected chi connectivity index (χ1v) is 7.78. The Morgan fingerprint density at radius 1 is 1.26 bits per heavy atom. The Morgan fingerprint density at radius 2 is 2.00 bits per heavy atom. The number of piperazine rings is 1. The van der Waals surface area contributed by atoms with Gasteiger partial charge in [0.1, 0.15) is 5.82 Å². The van der Waals surface area contributed by atoms with E-state index in [1.165, 1.54) is 12.1 Å². The molecule has 122 valence electrons. The molecule has 1 aromatic heterocycles. The highest BCUT2D eigenvalue weighted by molar-refractivity contribution is 5.98. The van der Waals surface area contributed by atoms with E-state index in [-0.39, 0.29) is 18.3 Å². The van der Waals surface area contributed by atoms with E-state index in [9.17, 15) is 9.18 Å². The minimum Gasteiger partial charge on any atom is -0.395 e. The maximum atomic E-state index is 13.3. The second-order valence-electron chi connectivity index (χ2n) is 5.82. The zero-order valence-corrected chi connectivity index (χ0v) is 13.1. The number of aliphatic hydroxyl groups excluding tert-OH is 1. The van der Waals surface area contributed by atoms with Crippen molar-refractivity contribution in [2.75, 3.05) is 39.3 Å². The van der Waals surface area contributed by atoms with E-state index in [2.05, 4.69) is 9.88 Å². The number of pyridine rings is 1. The molecule has 1 aromatic carbocycles. The average Bonchev–Trinajstić information content (AvgIpc) is 2.54. The molecular formula is C17H20FN3O2. The van der Waals surface area contributed by atoms with Crippen LogP contribution in [-0.4, -0.2) is 65.1 Å². The Labute approximate surface area is 134 Å². The molecular weight excluding hydrogens is 297 g/mol. The van der Waals surface area contributed by atoms with Crippen LogP contribution in [0.25, 0.3) is 10.9 Å². The SMILES string of the molecule is Cc1nc2cc(F)ccc2cc1C(=O)N1CCN(CCO)CC1. The number of aryl methyl sites for hydroxylation is 1. The van der Waals surface area contributed by atoms with Gasteiger partial charge in [0.2, 0.25) is 0 Å². The minimum absolute atomic E-state index is 0.0372. The molecule has 0 spiro atoms. The lowest BCUT2D eigenvalue weighted by atomic mass is 10.1. The number of halogens is 1. The lowest BCUT2D eigenvalue weighted by molar-refractivity contribution is 0.0614. The second-order valence-corrected chi connectivity index (χ2v) is 5.82. The molecule has 23 heavy (non-hydrogen) atoms. The van der Waals surface area contributed by atoms with Gasteiger partial charge >= 0.3 is 0 Å². The summed E-state index contributed by atoms with van der Waals surface area (Å²) < 4.78 is 13.3. The number of rotatable bonds is 3. The summed E-state index contributed by atoms with van der Waals surface area (Å²) in [4.78, 5) is 21.1. The third-order valence-electron chi connectivity index (χ3n) is 4.28. The van der Waals surface area contributed by atoms with Gasteiger partial charge in [-0.1, -0.05) is 0 Å². The number of carbonyl (C=O) groups excluding carboxylic acids is 1. The van der Waals surface area contributed by atoms with Crippen LogP contribution < -0.4 is 0 Å². The van der Waals surface area contributed by atoms with Gasteiger partial charge in [-0.2, -0.15) is 0 Å². The van der Waals surface area contributed by atoms with Crippen molar-refractivity contribution in [1.29, 1.82) is 0 Å². The van der Waals surface area contributed by atoms with E-state index in [0.717, 1.165) is 18.5 Å². The van der Waals surface area contributed by atoms with Gasteiger partial charge in [-0.05, 0) is 25.1 Å². The molecule has 3 rings (SSSR count). The Kier molecular flexibility index (Phi) is 4.54. The smallest absolute Gasteiger partial charge is 0.255 e. The largest absolute Gasteiger partial charge is 0.395 e. The molecule has 0 radical (unpaired) electrons. The van der Waals surface area contributed by atoms with E-state index >= 15 is 0 Å². The van der Waals surface area contributed by atoms with Gasteiger partial charge in [0.15, 0.2) is 0 Å². The molecule has 2 aromatic rings. The molecule has 0 saturated carbocycles. The van der Waals surface area contributed by atoms with Crippen LogP contribution in [0.5, 0.6) is 0 Å². The van der Waals surface area contributed by atoms with Crippen LogP contribution in [0.15, 0.2) is 24.3 Å². The number of benzene rings is 1. The Balaban J connectivity index is 1.81. The summed E-state index contributed by atoms with van der Waals surface area (Å²) in [6.07, 6.45) is 0. The van der Waals surface area contributed by atoms with Crippen LogP contribution in [-0.2, 0) is 0 Å². The standard InChI is InChI=1S/C17H20FN3O2/c1-12-15(10-13-2-3-14(18)11-16(13)19-12)17(23)21-6-4-20(5-7-21)8-9-22/h2-3,10-11,22H,4-9H2,1H3. The lowest BCUT2D eigenvalue weighted by Gasteiger charge is -2.34. The van der Waals surface area contributed by atoms with Gasteiger partial charge in [-0.15, -0.1) is 0 Å². The van der Waals surface area contributed by atoms with Gasteiger partial charge in [0.05, 0.1) is 23.4 Å². The van der Waals surface area contributed by atoms with Crippen LogP contribution in [0.1, 0.15) is 16.1 Å². The summed E-state index contributed by atoms with van der Waals surface area (Å²) in [5.41, 5.74) is 1.75. The molecule has 1 fully saturated rings. The molecule has 0 aliphatic carbocycles. The Morgan fingerprint density at radius 3 is 2.70 bits per heavy atom. The topological polar surface area (TPSA) is 56.7 Å². The van der Waals surface area contributed by atoms with Crippen molar-refractivity contribution in [3.8, 4) is 0 Å². The lowest BCUT2D eigenvalue weighted by Crippen LogP contribution is -2.49. The van der Waals surface area contributed by atoms with Crippen molar-refractivity contribution in [1.82, 2.24) is 14.8 Å². The average molecular weight is 317 g/mol. The van der Waals surface area contributed by atoms with Crippen LogP contribution in [0, 0.1) is 12.7 Å². The van der Waals surface area contributed by atoms with E-state index in [0.29, 0.717) is 36.4 Å². The van der Waals surface area contributed by atoms with E-state index in [4.69, 9.17) is 5.11 Å². The molecule has 1 amide bonds. The number of fused-ring (bicyclic) bond motifs is 1. The number of hydrogen-bond donors (Lipinski definition) is 1. The van der Waals surface area contributed by atoms with E-state index in [1.807, 2.05) is 4.90 Å². The maximum absolute atomic E-state index is 13.3. The summed E-state index contributed by atoms with van der Waals surface area (Å²) in [6.45, 7) is 5.36. The molecule has 1 aliphatic heterocycles. The second kappa shape index (κ2) is 6.60. The van der Waals surface area contributed by atoms with Gasteiger partial charge in [-0.25, -0.2) is 4.39 Å². The number of aliphatic hydroxyl groups is 1. The maximum Gasteiger partial charge on any atom is 0.255 e. The number of amides is 1. The third-order valence-corrected chi connectivity index (χ3v) is 4.28. The monoisotopic (exact) mass is 317 g/mol. The molecule has 0 atom stereocenters. The normalized spacial score (nSPS) is 16.0. The summed E-state index contributed by atoms with van der Waals surface area (Å²) in [5, 5.41) is 9.73. The fraction of sp³-hybridized carbons (Fsp3) is 0.412. The highest BCUT2D eigenvalue weighted by atomic mass is 19.1. The number of aromatic nitrogens is 1. The van der Waals surface area contributed by atoms with Crippen molar-refractivity contribution >= 4 is 16.8 Å². The highest BCUT2D eigenvalue weighted by Gasteiger charge is 2.23. The quantitative estimate of drug-likeness (QED) is 0.930. The zero-order chi connectivity index (χ0) is 16.4. The first-order chi connectivity index (χ1) is 11.1. The van der Waals surface area contributed by atoms with Crippen LogP contribution in [0.2, 0.25) is 0 Å². The Bertz CT molecular complexity index is 727. The number of β-amino-alcohol motifs (C(OH)–C–C–N with tert-alkyl or cyclic N) is 1. The first-order valence-electron chi connectivity index (χ1n) is 7.78. The molecule has 0 bridgehead atoms. The molecule has 6 heteroatoms. The third kappa shape index (κ3) is 3.33. The van der Waals surface area contributed by atoms with Crippen molar-refractivity contribution < 1.29 is 14.3 Å². The minimum atomic E-state index is -0.330. The van der Waals surface area contributed by atoms with Gasteiger partial charge in [-0.3, -0.25) is 14.7 Å². The molecule has 2 heterocycles. The number of nitrogens with zero attached hydrogens (tertiary/aromatic N) is 3. The molecule has 0 unspecified atom stereocenters. The molecule has 5 nitrogen and oxygen atoms in total. The fourth-order valence-corrected chi connectivity index (χ4v) is 2.94. The summed E-state index contributed by atoms with van der Waals surface area (Å²) >= 11 is 0. The summed E-state index contributed by atoms with van der Waals surface area (Å²) in [6, 6.07) is 6.19. The van der Waals surface area contributed by atoms with E-state index < -0.39 is 0 Å². The van der Waals surface area contributed by atoms with E-state index in [1.54, 1.807) is 19.1 Å². The van der Waals surface area contributed by atoms with Crippen LogP contribution in [0.4, 0.5) is 4.39 Å². The van der Waals surface area contributed by atoms with Crippen molar-refractivity contribution in [2.24, 2.45) is 0 Å². The molecule has 1 saturated heterocycles. The predicted octanol–water partition coefficient (Wildman–Crippen LogP) is 1.43. The Hall–Kier alpha value is -2.05. The van der Waals surface area contributed by atoms with Crippen molar-refractivity contribution in [3.05, 3.63) is 41.3 Å². The van der Waals surface area contributed by atoms with Crippen LogP contribution >= 0.6 is 0 Å².